The quantitative estimate of drug-likeness (QED) is 0.899. The van der Waals surface area contributed by atoms with Gasteiger partial charge in [0.2, 0.25) is 0 Å². The van der Waals surface area contributed by atoms with Crippen molar-refractivity contribution >= 4 is 16.7 Å². The van der Waals surface area contributed by atoms with Crippen LogP contribution in [0, 0.1) is 5.41 Å². The topological polar surface area (TPSA) is 71.2 Å². The number of pyridine rings is 1. The molecule has 5 heteroatoms. The van der Waals surface area contributed by atoms with Crippen molar-refractivity contribution in [3.05, 3.63) is 46.4 Å². The highest BCUT2D eigenvalue weighted by atomic mass is 16.5. The second-order valence-electron chi connectivity index (χ2n) is 7.25. The number of amides is 1. The molecule has 132 valence electrons. The maximum Gasteiger partial charge on any atom is 0.268 e. The van der Waals surface area contributed by atoms with Crippen LogP contribution in [0.25, 0.3) is 10.8 Å². The van der Waals surface area contributed by atoms with Gasteiger partial charge in [-0.15, -0.1) is 0 Å². The van der Waals surface area contributed by atoms with E-state index in [4.69, 9.17) is 4.74 Å². The Balaban J connectivity index is 1.55. The minimum absolute atomic E-state index is 0.0861. The number of nitrogens with one attached hydrogen (secondary N) is 2. The molecule has 0 aliphatic heterocycles. The van der Waals surface area contributed by atoms with E-state index in [2.05, 4.69) is 10.3 Å². The summed E-state index contributed by atoms with van der Waals surface area (Å²) in [6.45, 7) is 2.74. The molecular formula is C20H24N2O3. The minimum Gasteiger partial charge on any atom is -0.378 e. The van der Waals surface area contributed by atoms with E-state index in [-0.39, 0.29) is 29.0 Å². The Morgan fingerprint density at radius 1 is 1.32 bits per heavy atom. The number of carbonyl (C=O) groups excluding carboxylic acids is 1. The SMILES string of the molecule is CCO[C@@H]1C[C@@H](NC(=O)c2cc3ccccc3c(=O)[nH]2)C12CCCC2. The van der Waals surface area contributed by atoms with Crippen LogP contribution in [0.3, 0.4) is 0 Å². The average molecular weight is 340 g/mol. The number of carbonyl (C=O) groups is 1. The second kappa shape index (κ2) is 6.30. The number of H-pyrrole nitrogens is 1. The van der Waals surface area contributed by atoms with Gasteiger partial charge < -0.3 is 15.0 Å². The lowest BCUT2D eigenvalue weighted by molar-refractivity contribution is -0.127. The average Bonchev–Trinajstić information content (AvgIpc) is 3.14. The molecule has 0 saturated heterocycles. The highest BCUT2D eigenvalue weighted by molar-refractivity contribution is 5.96. The van der Waals surface area contributed by atoms with E-state index in [0.29, 0.717) is 17.7 Å². The van der Waals surface area contributed by atoms with Crippen LogP contribution in [0.2, 0.25) is 0 Å². The zero-order valence-corrected chi connectivity index (χ0v) is 14.5. The zero-order chi connectivity index (χ0) is 17.4. The molecule has 2 aliphatic rings. The van der Waals surface area contributed by atoms with E-state index in [1.807, 2.05) is 25.1 Å². The number of hydrogen-bond acceptors (Lipinski definition) is 3. The van der Waals surface area contributed by atoms with Crippen LogP contribution < -0.4 is 10.9 Å². The fourth-order valence-electron chi connectivity index (χ4n) is 4.66. The van der Waals surface area contributed by atoms with Gasteiger partial charge in [-0.1, -0.05) is 31.0 Å². The zero-order valence-electron chi connectivity index (χ0n) is 14.5. The normalized spacial score (nSPS) is 24.4. The number of benzene rings is 1. The highest BCUT2D eigenvalue weighted by Crippen LogP contribution is 2.54. The number of ether oxygens (including phenoxy) is 1. The highest BCUT2D eigenvalue weighted by Gasteiger charge is 2.57. The molecule has 1 aromatic heterocycles. The predicted octanol–water partition coefficient (Wildman–Crippen LogP) is 3.00. The molecule has 1 heterocycles. The molecule has 2 aliphatic carbocycles. The first-order chi connectivity index (χ1) is 12.1. The molecule has 2 atom stereocenters. The van der Waals surface area contributed by atoms with Gasteiger partial charge in [-0.2, -0.15) is 0 Å². The molecule has 25 heavy (non-hydrogen) atoms. The van der Waals surface area contributed by atoms with E-state index in [9.17, 15) is 9.59 Å². The second-order valence-corrected chi connectivity index (χ2v) is 7.25. The third-order valence-electron chi connectivity index (χ3n) is 5.99. The summed E-state index contributed by atoms with van der Waals surface area (Å²) in [5.74, 6) is -0.200. The van der Waals surface area contributed by atoms with Crippen molar-refractivity contribution in [2.45, 2.75) is 51.2 Å². The van der Waals surface area contributed by atoms with Gasteiger partial charge in [-0.3, -0.25) is 9.59 Å². The number of aromatic amines is 1. The van der Waals surface area contributed by atoms with E-state index in [0.717, 1.165) is 24.6 Å². The van der Waals surface area contributed by atoms with Gasteiger partial charge in [0.05, 0.1) is 6.10 Å². The summed E-state index contributed by atoms with van der Waals surface area (Å²) in [5.41, 5.74) is 0.194. The van der Waals surface area contributed by atoms with Crippen molar-refractivity contribution in [3.63, 3.8) is 0 Å². The largest absolute Gasteiger partial charge is 0.378 e. The molecule has 5 nitrogen and oxygen atoms in total. The van der Waals surface area contributed by atoms with Gasteiger partial charge in [0.1, 0.15) is 5.69 Å². The first kappa shape index (κ1) is 16.3. The molecule has 0 bridgehead atoms. The third kappa shape index (κ3) is 2.67. The van der Waals surface area contributed by atoms with Crippen molar-refractivity contribution < 1.29 is 9.53 Å². The Kier molecular flexibility index (Phi) is 4.12. The minimum atomic E-state index is -0.223. The molecule has 0 unspecified atom stereocenters. The van der Waals surface area contributed by atoms with E-state index >= 15 is 0 Å². The summed E-state index contributed by atoms with van der Waals surface area (Å²) in [6, 6.07) is 9.20. The fourth-order valence-corrected chi connectivity index (χ4v) is 4.66. The van der Waals surface area contributed by atoms with Crippen LogP contribution in [-0.4, -0.2) is 29.6 Å². The Morgan fingerprint density at radius 3 is 2.84 bits per heavy atom. The number of rotatable bonds is 4. The number of aromatic nitrogens is 1. The summed E-state index contributed by atoms with van der Waals surface area (Å²) in [4.78, 5) is 27.7. The number of fused-ring (bicyclic) bond motifs is 1. The van der Waals surface area contributed by atoms with Crippen LogP contribution in [0.15, 0.2) is 35.1 Å². The van der Waals surface area contributed by atoms with Gasteiger partial charge in [0, 0.05) is 23.4 Å². The Morgan fingerprint density at radius 2 is 2.08 bits per heavy atom. The summed E-state index contributed by atoms with van der Waals surface area (Å²) >= 11 is 0. The van der Waals surface area contributed by atoms with Gasteiger partial charge in [-0.05, 0) is 43.7 Å². The first-order valence-corrected chi connectivity index (χ1v) is 9.18. The van der Waals surface area contributed by atoms with Crippen molar-refractivity contribution in [1.82, 2.24) is 10.3 Å². The lowest BCUT2D eigenvalue weighted by Gasteiger charge is -2.54. The van der Waals surface area contributed by atoms with Crippen molar-refractivity contribution in [3.8, 4) is 0 Å². The summed E-state index contributed by atoms with van der Waals surface area (Å²) in [7, 11) is 0. The lowest BCUT2D eigenvalue weighted by Crippen LogP contribution is -2.63. The van der Waals surface area contributed by atoms with Crippen LogP contribution >= 0.6 is 0 Å². The van der Waals surface area contributed by atoms with Crippen LogP contribution in [-0.2, 0) is 4.74 Å². The van der Waals surface area contributed by atoms with Gasteiger partial charge >= 0.3 is 0 Å². The van der Waals surface area contributed by atoms with E-state index in [1.54, 1.807) is 12.1 Å². The molecule has 2 fully saturated rings. The van der Waals surface area contributed by atoms with Crippen molar-refractivity contribution in [2.75, 3.05) is 6.61 Å². The fraction of sp³-hybridized carbons (Fsp3) is 0.500. The Bertz CT molecular complexity index is 851. The Labute approximate surface area is 146 Å². The summed E-state index contributed by atoms with van der Waals surface area (Å²) in [5, 5.41) is 4.54. The molecule has 0 radical (unpaired) electrons. The van der Waals surface area contributed by atoms with Crippen molar-refractivity contribution in [1.29, 1.82) is 0 Å². The molecule has 2 N–H and O–H groups in total. The maximum atomic E-state index is 12.7. The third-order valence-corrected chi connectivity index (χ3v) is 5.99. The van der Waals surface area contributed by atoms with Crippen molar-refractivity contribution in [2.24, 2.45) is 5.41 Å². The lowest BCUT2D eigenvalue weighted by atomic mass is 9.60. The molecule has 1 spiro atoms. The van der Waals surface area contributed by atoms with Gasteiger partial charge in [0.15, 0.2) is 0 Å². The summed E-state index contributed by atoms with van der Waals surface area (Å²) < 4.78 is 5.90. The molecular weight excluding hydrogens is 316 g/mol. The van der Waals surface area contributed by atoms with Crippen LogP contribution in [0.1, 0.15) is 49.5 Å². The standard InChI is InChI=1S/C20H24N2O3/c1-2-25-17-12-16(20(17)9-5-6-10-20)22-19(24)15-11-13-7-3-4-8-14(13)18(23)21-15/h3-4,7-8,11,16-17H,2,5-6,9-10,12H2,1H3,(H,21,23)(H,22,24)/t16-,17-/m1/s1. The van der Waals surface area contributed by atoms with Crippen LogP contribution in [0.5, 0.6) is 0 Å². The first-order valence-electron chi connectivity index (χ1n) is 9.18. The maximum absolute atomic E-state index is 12.7. The molecule has 1 aromatic carbocycles. The smallest absolute Gasteiger partial charge is 0.268 e. The molecule has 4 rings (SSSR count). The molecule has 2 aromatic rings. The monoisotopic (exact) mass is 340 g/mol. The van der Waals surface area contributed by atoms with Gasteiger partial charge in [-0.25, -0.2) is 0 Å². The molecule has 1 amide bonds. The molecule has 2 saturated carbocycles. The van der Waals surface area contributed by atoms with Gasteiger partial charge in [0.25, 0.3) is 11.5 Å². The van der Waals surface area contributed by atoms with E-state index in [1.165, 1.54) is 12.8 Å². The number of hydrogen-bond donors (Lipinski definition) is 2. The van der Waals surface area contributed by atoms with Crippen LogP contribution in [0.4, 0.5) is 0 Å². The van der Waals surface area contributed by atoms with E-state index < -0.39 is 0 Å². The Hall–Kier alpha value is -2.14. The predicted molar refractivity (Wildman–Crippen MR) is 96.8 cm³/mol. The summed E-state index contributed by atoms with van der Waals surface area (Å²) in [6.07, 6.45) is 5.72.